The van der Waals surface area contributed by atoms with Crippen LogP contribution in [-0.4, -0.2) is 29.9 Å². The summed E-state index contributed by atoms with van der Waals surface area (Å²) in [6.45, 7) is 3.31. The van der Waals surface area contributed by atoms with E-state index < -0.39 is 0 Å². The van der Waals surface area contributed by atoms with Crippen molar-refractivity contribution in [1.82, 2.24) is 4.90 Å². The van der Waals surface area contributed by atoms with Crippen LogP contribution in [0.1, 0.15) is 40.7 Å². The summed E-state index contributed by atoms with van der Waals surface area (Å²) < 4.78 is 0. The second-order valence-corrected chi connectivity index (χ2v) is 6.60. The number of aryl methyl sites for hydroxylation is 1. The lowest BCUT2D eigenvalue weighted by atomic mass is 9.97. The molecule has 0 saturated carbocycles. The fourth-order valence-corrected chi connectivity index (χ4v) is 3.53. The van der Waals surface area contributed by atoms with Gasteiger partial charge in [0.05, 0.1) is 11.6 Å². The molecule has 2 aromatic carbocycles. The van der Waals surface area contributed by atoms with Crippen molar-refractivity contribution in [1.29, 1.82) is 5.26 Å². The molecule has 25 heavy (non-hydrogen) atoms. The first-order valence-corrected chi connectivity index (χ1v) is 8.76. The van der Waals surface area contributed by atoms with Gasteiger partial charge in [-0.15, -0.1) is 0 Å². The zero-order valence-electron chi connectivity index (χ0n) is 14.5. The highest BCUT2D eigenvalue weighted by Gasteiger charge is 2.26. The molecular formula is C21H23N3O. The van der Waals surface area contributed by atoms with Gasteiger partial charge in [0.25, 0.3) is 5.91 Å². The van der Waals surface area contributed by atoms with Crippen molar-refractivity contribution >= 4 is 5.91 Å². The van der Waals surface area contributed by atoms with Gasteiger partial charge in [0, 0.05) is 24.7 Å². The largest absolute Gasteiger partial charge is 0.334 e. The number of benzene rings is 2. The van der Waals surface area contributed by atoms with Crippen molar-refractivity contribution < 1.29 is 4.79 Å². The van der Waals surface area contributed by atoms with Gasteiger partial charge in [-0.3, -0.25) is 4.79 Å². The second-order valence-electron chi connectivity index (χ2n) is 6.60. The lowest BCUT2D eigenvalue weighted by Gasteiger charge is -2.35. The standard InChI is InChI=1S/C21H23N3O/c1-15-12-16(13-22)5-10-20(15)17-6-8-18(9-7-17)21(25)24-11-3-2-4-19(24)14-23/h5-10,12,19H,2-4,11,14,23H2,1H3/t19-/m0/s1. The van der Waals surface area contributed by atoms with Crippen LogP contribution in [0.4, 0.5) is 0 Å². The van der Waals surface area contributed by atoms with Gasteiger partial charge < -0.3 is 10.6 Å². The topological polar surface area (TPSA) is 70.1 Å². The summed E-state index contributed by atoms with van der Waals surface area (Å²) in [5, 5.41) is 8.99. The molecule has 1 heterocycles. The SMILES string of the molecule is Cc1cc(C#N)ccc1-c1ccc(C(=O)N2CCCC[C@H]2CN)cc1. The van der Waals surface area contributed by atoms with Crippen LogP contribution in [-0.2, 0) is 0 Å². The number of nitrogens with zero attached hydrogens (tertiary/aromatic N) is 2. The number of rotatable bonds is 3. The molecular weight excluding hydrogens is 310 g/mol. The summed E-state index contributed by atoms with van der Waals surface area (Å²) in [7, 11) is 0. The molecule has 0 radical (unpaired) electrons. The average molecular weight is 333 g/mol. The number of carbonyl (C=O) groups excluding carboxylic acids is 1. The van der Waals surface area contributed by atoms with Crippen LogP contribution < -0.4 is 5.73 Å². The van der Waals surface area contributed by atoms with E-state index >= 15 is 0 Å². The molecule has 3 rings (SSSR count). The average Bonchev–Trinajstić information content (AvgIpc) is 2.67. The molecule has 4 nitrogen and oxygen atoms in total. The van der Waals surface area contributed by atoms with Crippen LogP contribution in [0.2, 0.25) is 0 Å². The Labute approximate surface area is 148 Å². The normalized spacial score (nSPS) is 17.2. The zero-order chi connectivity index (χ0) is 17.8. The minimum absolute atomic E-state index is 0.0678. The lowest BCUT2D eigenvalue weighted by molar-refractivity contribution is 0.0623. The Morgan fingerprint density at radius 3 is 2.64 bits per heavy atom. The van der Waals surface area contributed by atoms with Crippen molar-refractivity contribution in [3.63, 3.8) is 0 Å². The van der Waals surface area contributed by atoms with E-state index in [4.69, 9.17) is 11.0 Å². The van der Waals surface area contributed by atoms with Gasteiger partial charge >= 0.3 is 0 Å². The van der Waals surface area contributed by atoms with Gasteiger partial charge in [0.1, 0.15) is 0 Å². The van der Waals surface area contributed by atoms with Gasteiger partial charge in [0.15, 0.2) is 0 Å². The first-order valence-electron chi connectivity index (χ1n) is 8.76. The Balaban J connectivity index is 1.82. The molecule has 0 unspecified atom stereocenters. The summed E-state index contributed by atoms with van der Waals surface area (Å²) >= 11 is 0. The number of likely N-dealkylation sites (tertiary alicyclic amines) is 1. The third kappa shape index (κ3) is 3.57. The van der Waals surface area contributed by atoms with Crippen LogP contribution in [0.5, 0.6) is 0 Å². The minimum atomic E-state index is 0.0678. The van der Waals surface area contributed by atoms with E-state index in [1.807, 2.05) is 54.3 Å². The molecule has 1 aliphatic heterocycles. The molecule has 128 valence electrons. The predicted octanol–water partition coefficient (Wildman–Crippen LogP) is 3.49. The third-order valence-electron chi connectivity index (χ3n) is 4.96. The predicted molar refractivity (Wildman–Crippen MR) is 99.1 cm³/mol. The Hall–Kier alpha value is -2.64. The Kier molecular flexibility index (Phi) is 5.16. The maximum absolute atomic E-state index is 12.8. The van der Waals surface area contributed by atoms with Crippen LogP contribution in [0.3, 0.4) is 0 Å². The molecule has 1 aliphatic rings. The highest BCUT2D eigenvalue weighted by Crippen LogP contribution is 2.26. The van der Waals surface area contributed by atoms with Crippen molar-refractivity contribution in [2.75, 3.05) is 13.1 Å². The van der Waals surface area contributed by atoms with E-state index in [0.717, 1.165) is 42.5 Å². The highest BCUT2D eigenvalue weighted by atomic mass is 16.2. The molecule has 0 spiro atoms. The quantitative estimate of drug-likeness (QED) is 0.935. The first kappa shape index (κ1) is 17.2. The molecule has 0 aliphatic carbocycles. The van der Waals surface area contributed by atoms with E-state index in [9.17, 15) is 4.79 Å². The second kappa shape index (κ2) is 7.50. The van der Waals surface area contributed by atoms with Crippen LogP contribution in [0.25, 0.3) is 11.1 Å². The Morgan fingerprint density at radius 2 is 2.00 bits per heavy atom. The number of nitrogens with two attached hydrogens (primary N) is 1. The number of hydrogen-bond acceptors (Lipinski definition) is 3. The van der Waals surface area contributed by atoms with E-state index in [1.54, 1.807) is 0 Å². The van der Waals surface area contributed by atoms with E-state index in [-0.39, 0.29) is 11.9 Å². The first-order chi connectivity index (χ1) is 12.1. The number of hydrogen-bond donors (Lipinski definition) is 1. The molecule has 2 N–H and O–H groups in total. The zero-order valence-corrected chi connectivity index (χ0v) is 14.5. The van der Waals surface area contributed by atoms with Gasteiger partial charge in [-0.1, -0.05) is 18.2 Å². The molecule has 1 amide bonds. The van der Waals surface area contributed by atoms with E-state index in [1.165, 1.54) is 0 Å². The molecule has 0 aromatic heterocycles. The number of amides is 1. The fourth-order valence-electron chi connectivity index (χ4n) is 3.53. The molecule has 1 saturated heterocycles. The summed E-state index contributed by atoms with van der Waals surface area (Å²) in [6.07, 6.45) is 3.18. The van der Waals surface area contributed by atoms with Gasteiger partial charge in [0.2, 0.25) is 0 Å². The van der Waals surface area contributed by atoms with Crippen molar-refractivity contribution in [2.24, 2.45) is 5.73 Å². The van der Waals surface area contributed by atoms with Crippen molar-refractivity contribution in [3.05, 3.63) is 59.2 Å². The smallest absolute Gasteiger partial charge is 0.254 e. The van der Waals surface area contributed by atoms with E-state index in [0.29, 0.717) is 17.7 Å². The van der Waals surface area contributed by atoms with Crippen LogP contribution in [0.15, 0.2) is 42.5 Å². The molecule has 2 aromatic rings. The molecule has 1 fully saturated rings. The van der Waals surface area contributed by atoms with E-state index in [2.05, 4.69) is 6.07 Å². The summed E-state index contributed by atoms with van der Waals surface area (Å²) in [5.74, 6) is 0.0678. The Morgan fingerprint density at radius 1 is 1.24 bits per heavy atom. The number of carbonyl (C=O) groups is 1. The van der Waals surface area contributed by atoms with Crippen molar-refractivity contribution in [2.45, 2.75) is 32.2 Å². The minimum Gasteiger partial charge on any atom is -0.334 e. The molecule has 1 atom stereocenters. The fraction of sp³-hybridized carbons (Fsp3) is 0.333. The van der Waals surface area contributed by atoms with Gasteiger partial charge in [-0.2, -0.15) is 5.26 Å². The molecule has 0 bridgehead atoms. The molecule has 4 heteroatoms. The summed E-state index contributed by atoms with van der Waals surface area (Å²) in [6, 6.07) is 15.7. The highest BCUT2D eigenvalue weighted by molar-refractivity contribution is 5.95. The Bertz CT molecular complexity index is 805. The number of piperidine rings is 1. The summed E-state index contributed by atoms with van der Waals surface area (Å²) in [5.41, 5.74) is 10.4. The monoisotopic (exact) mass is 333 g/mol. The number of nitriles is 1. The van der Waals surface area contributed by atoms with Gasteiger partial charge in [-0.05, 0) is 67.1 Å². The lowest BCUT2D eigenvalue weighted by Crippen LogP contribution is -2.47. The summed E-state index contributed by atoms with van der Waals surface area (Å²) in [4.78, 5) is 14.7. The van der Waals surface area contributed by atoms with Crippen LogP contribution in [0, 0.1) is 18.3 Å². The maximum atomic E-state index is 12.8. The third-order valence-corrected chi connectivity index (χ3v) is 4.96. The maximum Gasteiger partial charge on any atom is 0.254 e. The van der Waals surface area contributed by atoms with Crippen molar-refractivity contribution in [3.8, 4) is 17.2 Å². The van der Waals surface area contributed by atoms with Gasteiger partial charge in [-0.25, -0.2) is 0 Å². The van der Waals surface area contributed by atoms with Crippen LogP contribution >= 0.6 is 0 Å².